The summed E-state index contributed by atoms with van der Waals surface area (Å²) < 4.78 is 5.57. The molecular weight excluding hydrogens is 316 g/mol. The van der Waals surface area contributed by atoms with Gasteiger partial charge in [-0.15, -0.1) is 0 Å². The van der Waals surface area contributed by atoms with Gasteiger partial charge in [-0.1, -0.05) is 26.7 Å². The van der Waals surface area contributed by atoms with Crippen molar-refractivity contribution in [3.05, 3.63) is 0 Å². The predicted molar refractivity (Wildman–Crippen MR) is 103 cm³/mol. The zero-order chi connectivity index (χ0) is 19.0. The average molecular weight is 357 g/mol. The van der Waals surface area contributed by atoms with Gasteiger partial charge < -0.3 is 20.1 Å². The van der Waals surface area contributed by atoms with Crippen molar-refractivity contribution in [2.75, 3.05) is 13.1 Å². The highest BCUT2D eigenvalue weighted by Crippen LogP contribution is 2.23. The van der Waals surface area contributed by atoms with Crippen LogP contribution in [0.1, 0.15) is 80.1 Å². The maximum atomic E-state index is 12.5. The highest BCUT2D eigenvalue weighted by molar-refractivity contribution is 5.68. The van der Waals surface area contributed by atoms with Gasteiger partial charge in [0.2, 0.25) is 0 Å². The number of rotatable bonds is 8. The minimum Gasteiger partial charge on any atom is -0.444 e. The van der Waals surface area contributed by atoms with Crippen LogP contribution in [0.3, 0.4) is 0 Å². The number of amides is 1. The van der Waals surface area contributed by atoms with Crippen LogP contribution in [0, 0.1) is 5.92 Å². The number of aliphatic hydroxyl groups excluding tert-OH is 1. The summed E-state index contributed by atoms with van der Waals surface area (Å²) in [6.07, 6.45) is 5.64. The Morgan fingerprint density at radius 2 is 1.92 bits per heavy atom. The Hall–Kier alpha value is -0.810. The van der Waals surface area contributed by atoms with E-state index < -0.39 is 5.60 Å². The molecule has 0 aromatic rings. The van der Waals surface area contributed by atoms with Gasteiger partial charge in [0.15, 0.2) is 0 Å². The lowest BCUT2D eigenvalue weighted by molar-refractivity contribution is 0.00756. The summed E-state index contributed by atoms with van der Waals surface area (Å²) in [7, 11) is 0. The van der Waals surface area contributed by atoms with Crippen molar-refractivity contribution in [2.45, 2.75) is 104 Å². The summed E-state index contributed by atoms with van der Waals surface area (Å²) in [5.74, 6) is 0.354. The summed E-state index contributed by atoms with van der Waals surface area (Å²) >= 11 is 0. The molecule has 0 aromatic carbocycles. The smallest absolute Gasteiger partial charge is 0.410 e. The van der Waals surface area contributed by atoms with E-state index in [2.05, 4.69) is 26.1 Å². The maximum Gasteiger partial charge on any atom is 0.410 e. The SMILES string of the molecule is CCC(CC)C(O)CNC(C)CC1CCCCN1C(=O)OC(C)(C)C. The molecule has 0 spiro atoms. The fourth-order valence-corrected chi connectivity index (χ4v) is 3.62. The van der Waals surface area contributed by atoms with Crippen molar-refractivity contribution in [3.8, 4) is 0 Å². The van der Waals surface area contributed by atoms with Crippen LogP contribution in [0.25, 0.3) is 0 Å². The van der Waals surface area contributed by atoms with Crippen molar-refractivity contribution >= 4 is 6.09 Å². The van der Waals surface area contributed by atoms with E-state index in [1.165, 1.54) is 0 Å². The molecule has 0 bridgehead atoms. The Balaban J connectivity index is 2.52. The Kier molecular flexibility index (Phi) is 9.22. The number of aliphatic hydroxyl groups is 1. The quantitative estimate of drug-likeness (QED) is 0.691. The van der Waals surface area contributed by atoms with Gasteiger partial charge >= 0.3 is 6.09 Å². The van der Waals surface area contributed by atoms with Crippen molar-refractivity contribution in [2.24, 2.45) is 5.92 Å². The van der Waals surface area contributed by atoms with Gasteiger partial charge in [-0.05, 0) is 59.3 Å². The number of piperidine rings is 1. The number of hydrogen-bond donors (Lipinski definition) is 2. The van der Waals surface area contributed by atoms with Gasteiger partial charge in [0.1, 0.15) is 5.60 Å². The largest absolute Gasteiger partial charge is 0.444 e. The van der Waals surface area contributed by atoms with Crippen molar-refractivity contribution in [1.29, 1.82) is 0 Å². The van der Waals surface area contributed by atoms with Gasteiger partial charge in [-0.3, -0.25) is 0 Å². The predicted octanol–water partition coefficient (Wildman–Crippen LogP) is 3.94. The molecule has 1 heterocycles. The second-order valence-electron chi connectivity index (χ2n) is 8.51. The average Bonchev–Trinajstić information content (AvgIpc) is 2.53. The van der Waals surface area contributed by atoms with E-state index >= 15 is 0 Å². The van der Waals surface area contributed by atoms with Crippen molar-refractivity contribution in [3.63, 3.8) is 0 Å². The molecule has 0 saturated carbocycles. The minimum absolute atomic E-state index is 0.193. The van der Waals surface area contributed by atoms with Gasteiger partial charge in [0, 0.05) is 25.2 Å². The van der Waals surface area contributed by atoms with Gasteiger partial charge in [0.25, 0.3) is 0 Å². The summed E-state index contributed by atoms with van der Waals surface area (Å²) in [6.45, 7) is 13.5. The van der Waals surface area contributed by atoms with Gasteiger partial charge in [-0.25, -0.2) is 4.79 Å². The molecule has 5 nitrogen and oxygen atoms in total. The minimum atomic E-state index is -0.456. The number of nitrogens with zero attached hydrogens (tertiary/aromatic N) is 1. The molecule has 1 amide bonds. The molecule has 1 aliphatic rings. The molecule has 148 valence electrons. The third-order valence-electron chi connectivity index (χ3n) is 5.15. The van der Waals surface area contributed by atoms with E-state index in [0.717, 1.165) is 45.1 Å². The number of ether oxygens (including phenoxy) is 1. The second-order valence-corrected chi connectivity index (χ2v) is 8.51. The monoisotopic (exact) mass is 356 g/mol. The van der Waals surface area contributed by atoms with E-state index in [0.29, 0.717) is 12.5 Å². The highest BCUT2D eigenvalue weighted by atomic mass is 16.6. The number of carbonyl (C=O) groups excluding carboxylic acids is 1. The molecule has 1 rings (SSSR count). The normalized spacial score (nSPS) is 21.3. The first-order valence-corrected chi connectivity index (χ1v) is 10.1. The summed E-state index contributed by atoms with van der Waals surface area (Å²) in [6, 6.07) is 0.480. The lowest BCUT2D eigenvalue weighted by Gasteiger charge is -2.38. The Labute approximate surface area is 154 Å². The fraction of sp³-hybridized carbons (Fsp3) is 0.950. The number of hydrogen-bond acceptors (Lipinski definition) is 4. The van der Waals surface area contributed by atoms with Crippen LogP contribution in [-0.4, -0.2) is 53.0 Å². The van der Waals surface area contributed by atoms with Crippen LogP contribution in [0.2, 0.25) is 0 Å². The van der Waals surface area contributed by atoms with E-state index in [9.17, 15) is 9.90 Å². The van der Waals surface area contributed by atoms with E-state index in [1.807, 2.05) is 25.7 Å². The van der Waals surface area contributed by atoms with E-state index in [-0.39, 0.29) is 24.3 Å². The molecule has 3 atom stereocenters. The van der Waals surface area contributed by atoms with E-state index in [1.54, 1.807) is 0 Å². The summed E-state index contributed by atoms with van der Waals surface area (Å²) in [5.41, 5.74) is -0.456. The summed E-state index contributed by atoms with van der Waals surface area (Å²) in [5, 5.41) is 13.7. The highest BCUT2D eigenvalue weighted by Gasteiger charge is 2.31. The van der Waals surface area contributed by atoms with E-state index in [4.69, 9.17) is 4.74 Å². The van der Waals surface area contributed by atoms with Crippen molar-refractivity contribution in [1.82, 2.24) is 10.2 Å². The molecule has 25 heavy (non-hydrogen) atoms. The number of nitrogens with one attached hydrogen (secondary N) is 1. The lowest BCUT2D eigenvalue weighted by atomic mass is 9.95. The molecular formula is C20H40N2O3. The Morgan fingerprint density at radius 3 is 2.48 bits per heavy atom. The Bertz CT molecular complexity index is 391. The molecule has 2 N–H and O–H groups in total. The number of likely N-dealkylation sites (tertiary alicyclic amines) is 1. The second kappa shape index (κ2) is 10.4. The lowest BCUT2D eigenvalue weighted by Crippen LogP contribution is -2.49. The molecule has 0 aliphatic carbocycles. The Morgan fingerprint density at radius 1 is 1.28 bits per heavy atom. The van der Waals surface area contributed by atoms with Gasteiger partial charge in [0.05, 0.1) is 6.10 Å². The number of carbonyl (C=O) groups is 1. The molecule has 1 saturated heterocycles. The van der Waals surface area contributed by atoms with Gasteiger partial charge in [-0.2, -0.15) is 0 Å². The zero-order valence-corrected chi connectivity index (χ0v) is 17.2. The molecule has 0 aromatic heterocycles. The van der Waals surface area contributed by atoms with Crippen LogP contribution in [0.4, 0.5) is 4.79 Å². The first-order chi connectivity index (χ1) is 11.7. The maximum absolute atomic E-state index is 12.5. The fourth-order valence-electron chi connectivity index (χ4n) is 3.62. The summed E-state index contributed by atoms with van der Waals surface area (Å²) in [4.78, 5) is 14.4. The van der Waals surface area contributed by atoms with Crippen LogP contribution in [-0.2, 0) is 4.74 Å². The third-order valence-corrected chi connectivity index (χ3v) is 5.15. The molecule has 1 aliphatic heterocycles. The van der Waals surface area contributed by atoms with Crippen LogP contribution in [0.15, 0.2) is 0 Å². The van der Waals surface area contributed by atoms with Crippen molar-refractivity contribution < 1.29 is 14.6 Å². The standard InChI is InChI=1S/C20H40N2O3/c1-7-16(8-2)18(23)14-21-15(3)13-17-11-9-10-12-22(17)19(24)25-20(4,5)6/h15-18,21,23H,7-14H2,1-6H3. The third kappa shape index (κ3) is 7.95. The van der Waals surface area contributed by atoms with Crippen LogP contribution >= 0.6 is 0 Å². The topological polar surface area (TPSA) is 61.8 Å². The van der Waals surface area contributed by atoms with Crippen LogP contribution in [0.5, 0.6) is 0 Å². The molecule has 0 radical (unpaired) electrons. The first kappa shape index (κ1) is 22.2. The molecule has 5 heteroatoms. The molecule has 3 unspecified atom stereocenters. The van der Waals surface area contributed by atoms with Crippen LogP contribution < -0.4 is 5.32 Å². The molecule has 1 fully saturated rings. The zero-order valence-electron chi connectivity index (χ0n) is 17.2. The first-order valence-electron chi connectivity index (χ1n) is 10.1.